The van der Waals surface area contributed by atoms with Gasteiger partial charge in [0.15, 0.2) is 6.61 Å². The summed E-state index contributed by atoms with van der Waals surface area (Å²) in [5.74, 6) is 1.75. The fourth-order valence-electron chi connectivity index (χ4n) is 3.59. The van der Waals surface area contributed by atoms with Crippen LogP contribution in [-0.2, 0) is 11.3 Å². The Balaban J connectivity index is 1.49. The van der Waals surface area contributed by atoms with Crippen molar-refractivity contribution in [1.82, 2.24) is 15.1 Å². The van der Waals surface area contributed by atoms with Gasteiger partial charge in [-0.1, -0.05) is 18.2 Å². The summed E-state index contributed by atoms with van der Waals surface area (Å²) >= 11 is 0. The number of hydrogen-bond acceptors (Lipinski definition) is 4. The van der Waals surface area contributed by atoms with Crippen molar-refractivity contribution in [3.63, 3.8) is 0 Å². The molecule has 0 bridgehead atoms. The molecule has 2 fully saturated rings. The average Bonchev–Trinajstić information content (AvgIpc) is 3.29. The molecule has 3 rings (SSSR count). The number of rotatable bonds is 9. The van der Waals surface area contributed by atoms with Gasteiger partial charge in [0.1, 0.15) is 5.75 Å². The number of carbonyl (C=O) groups is 1. The second-order valence-electron chi connectivity index (χ2n) is 7.48. The average molecular weight is 345 g/mol. The molecule has 1 amide bonds. The van der Waals surface area contributed by atoms with E-state index >= 15 is 0 Å². The molecule has 2 aliphatic rings. The number of amides is 1. The van der Waals surface area contributed by atoms with Crippen molar-refractivity contribution in [2.24, 2.45) is 5.92 Å². The summed E-state index contributed by atoms with van der Waals surface area (Å²) in [6.45, 7) is 3.64. The number of nitrogens with zero attached hydrogens (tertiary/aromatic N) is 2. The van der Waals surface area contributed by atoms with E-state index in [0.29, 0.717) is 6.04 Å². The quantitative estimate of drug-likeness (QED) is 0.745. The summed E-state index contributed by atoms with van der Waals surface area (Å²) in [5.41, 5.74) is 1.12. The summed E-state index contributed by atoms with van der Waals surface area (Å²) < 4.78 is 5.83. The van der Waals surface area contributed by atoms with Crippen molar-refractivity contribution in [2.75, 3.05) is 40.3 Å². The van der Waals surface area contributed by atoms with E-state index in [-0.39, 0.29) is 12.5 Å². The minimum Gasteiger partial charge on any atom is -0.483 e. The minimum atomic E-state index is 0.0988. The Kier molecular flexibility index (Phi) is 6.32. The van der Waals surface area contributed by atoms with Gasteiger partial charge in [-0.05, 0) is 51.8 Å². The molecule has 5 heteroatoms. The van der Waals surface area contributed by atoms with Crippen LogP contribution < -0.4 is 10.1 Å². The Labute approximate surface area is 151 Å². The maximum absolute atomic E-state index is 12.2. The number of likely N-dealkylation sites (N-methyl/N-ethyl adjacent to an activating group) is 1. The van der Waals surface area contributed by atoms with Crippen LogP contribution in [0.25, 0.3) is 0 Å². The Morgan fingerprint density at radius 2 is 2.00 bits per heavy atom. The number of hydrogen-bond donors (Lipinski definition) is 1. The minimum absolute atomic E-state index is 0.0988. The molecule has 138 valence electrons. The molecule has 5 nitrogen and oxygen atoms in total. The van der Waals surface area contributed by atoms with Crippen LogP contribution in [0.2, 0.25) is 0 Å². The van der Waals surface area contributed by atoms with Gasteiger partial charge in [-0.15, -0.1) is 0 Å². The number of ether oxygens (including phenoxy) is 1. The van der Waals surface area contributed by atoms with Crippen LogP contribution in [0.5, 0.6) is 5.75 Å². The van der Waals surface area contributed by atoms with Crippen LogP contribution in [0, 0.1) is 5.92 Å². The largest absolute Gasteiger partial charge is 0.483 e. The zero-order valence-corrected chi connectivity index (χ0v) is 15.5. The third-order valence-electron chi connectivity index (χ3n) is 5.28. The fourth-order valence-corrected chi connectivity index (χ4v) is 3.59. The molecule has 1 atom stereocenters. The molecular formula is C20H31N3O2. The van der Waals surface area contributed by atoms with Gasteiger partial charge in [0.25, 0.3) is 5.91 Å². The smallest absolute Gasteiger partial charge is 0.260 e. The standard InChI is InChI=1S/C20H31N3O2/c1-22(2)18(16-9-10-16)14-21-13-17-7-3-4-8-19(17)25-15-20(24)23-11-5-6-12-23/h3-4,7-8,16,18,21H,5-6,9-15H2,1-2H3. The molecule has 25 heavy (non-hydrogen) atoms. The van der Waals surface area contributed by atoms with Crippen molar-refractivity contribution >= 4 is 5.91 Å². The van der Waals surface area contributed by atoms with Crippen molar-refractivity contribution in [1.29, 1.82) is 0 Å². The molecule has 1 aliphatic heterocycles. The molecule has 1 saturated heterocycles. The fraction of sp³-hybridized carbons (Fsp3) is 0.650. The van der Waals surface area contributed by atoms with E-state index in [4.69, 9.17) is 4.74 Å². The van der Waals surface area contributed by atoms with Crippen LogP contribution >= 0.6 is 0 Å². The van der Waals surface area contributed by atoms with Gasteiger partial charge in [-0.3, -0.25) is 4.79 Å². The number of para-hydroxylation sites is 1. The van der Waals surface area contributed by atoms with E-state index in [2.05, 4.69) is 30.4 Å². The molecule has 1 aromatic carbocycles. The van der Waals surface area contributed by atoms with Crippen molar-refractivity contribution < 1.29 is 9.53 Å². The number of benzene rings is 1. The first-order valence-corrected chi connectivity index (χ1v) is 9.51. The molecule has 1 heterocycles. The second kappa shape index (κ2) is 8.68. The van der Waals surface area contributed by atoms with Crippen molar-refractivity contribution in [2.45, 2.75) is 38.3 Å². The lowest BCUT2D eigenvalue weighted by atomic mass is 10.1. The zero-order chi connectivity index (χ0) is 17.6. The summed E-state index contributed by atoms with van der Waals surface area (Å²) in [6.07, 6.45) is 4.92. The lowest BCUT2D eigenvalue weighted by molar-refractivity contribution is -0.132. The molecule has 1 aromatic rings. The van der Waals surface area contributed by atoms with Crippen LogP contribution in [0.1, 0.15) is 31.2 Å². The summed E-state index contributed by atoms with van der Waals surface area (Å²) in [7, 11) is 4.32. The molecule has 1 aliphatic carbocycles. The molecular weight excluding hydrogens is 314 g/mol. The first kappa shape index (κ1) is 18.2. The number of carbonyl (C=O) groups excluding carboxylic acids is 1. The lowest BCUT2D eigenvalue weighted by Gasteiger charge is -2.24. The van der Waals surface area contributed by atoms with Gasteiger partial charge < -0.3 is 19.9 Å². The summed E-state index contributed by atoms with van der Waals surface area (Å²) in [6, 6.07) is 8.62. The molecule has 0 aromatic heterocycles. The molecule has 0 radical (unpaired) electrons. The van der Waals surface area contributed by atoms with Gasteiger partial charge >= 0.3 is 0 Å². The molecule has 1 unspecified atom stereocenters. The Hall–Kier alpha value is -1.59. The Morgan fingerprint density at radius 1 is 1.28 bits per heavy atom. The molecule has 1 saturated carbocycles. The lowest BCUT2D eigenvalue weighted by Crippen LogP contribution is -2.39. The van der Waals surface area contributed by atoms with E-state index in [9.17, 15) is 4.79 Å². The van der Waals surface area contributed by atoms with Crippen LogP contribution in [0.4, 0.5) is 0 Å². The third kappa shape index (κ3) is 5.19. The van der Waals surface area contributed by atoms with E-state index in [1.165, 1.54) is 12.8 Å². The van der Waals surface area contributed by atoms with Crippen LogP contribution in [0.3, 0.4) is 0 Å². The maximum atomic E-state index is 12.2. The Morgan fingerprint density at radius 3 is 2.68 bits per heavy atom. The number of likely N-dealkylation sites (tertiary alicyclic amines) is 1. The van der Waals surface area contributed by atoms with Gasteiger partial charge in [-0.2, -0.15) is 0 Å². The van der Waals surface area contributed by atoms with E-state index < -0.39 is 0 Å². The molecule has 0 spiro atoms. The highest BCUT2D eigenvalue weighted by Gasteiger charge is 2.32. The van der Waals surface area contributed by atoms with E-state index in [0.717, 1.165) is 56.3 Å². The van der Waals surface area contributed by atoms with Gasteiger partial charge in [0, 0.05) is 37.8 Å². The van der Waals surface area contributed by atoms with Gasteiger partial charge in [0.2, 0.25) is 0 Å². The van der Waals surface area contributed by atoms with Crippen molar-refractivity contribution in [3.05, 3.63) is 29.8 Å². The normalized spacial score (nSPS) is 18.6. The van der Waals surface area contributed by atoms with Gasteiger partial charge in [0.05, 0.1) is 0 Å². The first-order chi connectivity index (χ1) is 12.1. The number of nitrogens with one attached hydrogen (secondary N) is 1. The van der Waals surface area contributed by atoms with E-state index in [1.807, 2.05) is 23.1 Å². The zero-order valence-electron chi connectivity index (χ0n) is 15.5. The van der Waals surface area contributed by atoms with Crippen LogP contribution in [0.15, 0.2) is 24.3 Å². The Bertz CT molecular complexity index is 564. The topological polar surface area (TPSA) is 44.8 Å². The highest BCUT2D eigenvalue weighted by atomic mass is 16.5. The molecule has 1 N–H and O–H groups in total. The van der Waals surface area contributed by atoms with Crippen LogP contribution in [-0.4, -0.2) is 62.1 Å². The monoisotopic (exact) mass is 345 g/mol. The second-order valence-corrected chi connectivity index (χ2v) is 7.48. The van der Waals surface area contributed by atoms with Crippen molar-refractivity contribution in [3.8, 4) is 5.75 Å². The van der Waals surface area contributed by atoms with Gasteiger partial charge in [-0.25, -0.2) is 0 Å². The maximum Gasteiger partial charge on any atom is 0.260 e. The first-order valence-electron chi connectivity index (χ1n) is 9.51. The summed E-state index contributed by atoms with van der Waals surface area (Å²) in [4.78, 5) is 16.4. The highest BCUT2D eigenvalue weighted by Crippen LogP contribution is 2.34. The third-order valence-corrected chi connectivity index (χ3v) is 5.28. The predicted octanol–water partition coefficient (Wildman–Crippen LogP) is 2.12. The van der Waals surface area contributed by atoms with E-state index in [1.54, 1.807) is 0 Å². The highest BCUT2D eigenvalue weighted by molar-refractivity contribution is 5.78. The summed E-state index contributed by atoms with van der Waals surface area (Å²) in [5, 5.41) is 3.57. The predicted molar refractivity (Wildman–Crippen MR) is 99.7 cm³/mol. The SMILES string of the molecule is CN(C)C(CNCc1ccccc1OCC(=O)N1CCCC1)C1CC1.